The number of aliphatic imine (C=N–C) groups is 1. The fraction of sp³-hybridized carbons (Fsp3) is 0.350. The van der Waals surface area contributed by atoms with E-state index in [0.717, 1.165) is 47.4 Å². The SMILES string of the molecule is CCNC(=NCc1ccc(N2CCCC2=O)cc1)NCc1cn2ccsc2n1.I. The highest BCUT2D eigenvalue weighted by Crippen LogP contribution is 2.21. The number of hydrogen-bond acceptors (Lipinski definition) is 4. The summed E-state index contributed by atoms with van der Waals surface area (Å²) >= 11 is 1.62. The Kier molecular flexibility index (Phi) is 7.48. The lowest BCUT2D eigenvalue weighted by molar-refractivity contribution is -0.117. The average Bonchev–Trinajstić information content (AvgIpc) is 3.41. The second-order valence-corrected chi connectivity index (χ2v) is 7.56. The quantitative estimate of drug-likeness (QED) is 0.295. The van der Waals surface area contributed by atoms with Gasteiger partial charge in [-0.15, -0.1) is 35.3 Å². The molecule has 2 aromatic heterocycles. The molecule has 1 aromatic carbocycles. The molecule has 9 heteroatoms. The Morgan fingerprint density at radius 1 is 1.28 bits per heavy atom. The molecule has 0 saturated carbocycles. The van der Waals surface area contributed by atoms with Gasteiger partial charge in [0.25, 0.3) is 0 Å². The van der Waals surface area contributed by atoms with Crippen molar-refractivity contribution in [1.82, 2.24) is 20.0 Å². The molecule has 1 amide bonds. The van der Waals surface area contributed by atoms with E-state index in [0.29, 0.717) is 19.5 Å². The highest BCUT2D eigenvalue weighted by molar-refractivity contribution is 14.0. The third kappa shape index (κ3) is 5.27. The molecular weight excluding hydrogens is 499 g/mol. The highest BCUT2D eigenvalue weighted by Gasteiger charge is 2.21. The molecule has 1 fully saturated rings. The zero-order chi connectivity index (χ0) is 19.3. The molecule has 1 aliphatic rings. The number of halogens is 1. The zero-order valence-corrected chi connectivity index (χ0v) is 19.4. The number of imidazole rings is 1. The zero-order valence-electron chi connectivity index (χ0n) is 16.3. The monoisotopic (exact) mass is 524 g/mol. The number of carbonyl (C=O) groups is 1. The van der Waals surface area contributed by atoms with Crippen molar-refractivity contribution in [3.8, 4) is 0 Å². The first kappa shape index (κ1) is 21.6. The van der Waals surface area contributed by atoms with E-state index in [4.69, 9.17) is 0 Å². The maximum atomic E-state index is 11.9. The molecule has 3 heterocycles. The van der Waals surface area contributed by atoms with Crippen molar-refractivity contribution in [2.24, 2.45) is 4.99 Å². The number of hydrogen-bond donors (Lipinski definition) is 2. The van der Waals surface area contributed by atoms with Crippen LogP contribution in [0.5, 0.6) is 0 Å². The van der Waals surface area contributed by atoms with Gasteiger partial charge < -0.3 is 15.5 Å². The number of rotatable bonds is 6. The highest BCUT2D eigenvalue weighted by atomic mass is 127. The molecule has 0 spiro atoms. The molecule has 4 rings (SSSR count). The van der Waals surface area contributed by atoms with Gasteiger partial charge >= 0.3 is 0 Å². The summed E-state index contributed by atoms with van der Waals surface area (Å²) < 4.78 is 2.03. The molecule has 1 aliphatic heterocycles. The predicted molar refractivity (Wildman–Crippen MR) is 128 cm³/mol. The van der Waals surface area contributed by atoms with Gasteiger partial charge in [0.2, 0.25) is 5.91 Å². The van der Waals surface area contributed by atoms with E-state index < -0.39 is 0 Å². The fourth-order valence-corrected chi connectivity index (χ4v) is 3.97. The van der Waals surface area contributed by atoms with Crippen LogP contribution in [-0.2, 0) is 17.9 Å². The number of carbonyl (C=O) groups excluding carboxylic acids is 1. The molecule has 2 N–H and O–H groups in total. The minimum absolute atomic E-state index is 0. The van der Waals surface area contributed by atoms with Crippen LogP contribution in [0.2, 0.25) is 0 Å². The first-order chi connectivity index (χ1) is 13.7. The van der Waals surface area contributed by atoms with Crippen LogP contribution in [0.3, 0.4) is 0 Å². The molecule has 3 aromatic rings. The second kappa shape index (κ2) is 10.1. The van der Waals surface area contributed by atoms with E-state index >= 15 is 0 Å². The van der Waals surface area contributed by atoms with E-state index in [1.807, 2.05) is 58.3 Å². The summed E-state index contributed by atoms with van der Waals surface area (Å²) in [5, 5.41) is 8.63. The summed E-state index contributed by atoms with van der Waals surface area (Å²) in [5.41, 5.74) is 3.06. The third-order valence-corrected chi connectivity index (χ3v) is 5.44. The maximum absolute atomic E-state index is 11.9. The van der Waals surface area contributed by atoms with E-state index in [9.17, 15) is 4.79 Å². The first-order valence-electron chi connectivity index (χ1n) is 9.55. The largest absolute Gasteiger partial charge is 0.357 e. The number of guanidine groups is 1. The summed E-state index contributed by atoms with van der Waals surface area (Å²) in [6.45, 7) is 4.85. The third-order valence-electron chi connectivity index (χ3n) is 4.67. The first-order valence-corrected chi connectivity index (χ1v) is 10.4. The molecule has 0 radical (unpaired) electrons. The molecule has 7 nitrogen and oxygen atoms in total. The standard InChI is InChI=1S/C20H24N6OS.HI/c1-2-21-19(23-13-16-14-25-10-11-28-20(25)24-16)22-12-15-5-7-17(8-6-15)26-9-3-4-18(26)27;/h5-8,10-11,14H,2-4,9,12-13H2,1H3,(H2,21,22,23);1H. The molecule has 0 aliphatic carbocycles. The van der Waals surface area contributed by atoms with Crippen molar-refractivity contribution in [3.63, 3.8) is 0 Å². The summed E-state index contributed by atoms with van der Waals surface area (Å²) in [5.74, 6) is 0.973. The van der Waals surface area contributed by atoms with Crippen LogP contribution in [0, 0.1) is 0 Å². The Labute approximate surface area is 191 Å². The van der Waals surface area contributed by atoms with E-state index in [1.165, 1.54) is 0 Å². The number of nitrogens with zero attached hydrogens (tertiary/aromatic N) is 4. The minimum atomic E-state index is 0. The number of nitrogens with one attached hydrogen (secondary N) is 2. The van der Waals surface area contributed by atoms with Gasteiger partial charge in [0.15, 0.2) is 10.9 Å². The van der Waals surface area contributed by atoms with Crippen LogP contribution in [-0.4, -0.2) is 34.3 Å². The van der Waals surface area contributed by atoms with Gasteiger partial charge in [-0.2, -0.15) is 0 Å². The fourth-order valence-electron chi connectivity index (χ4n) is 3.25. The molecule has 1 saturated heterocycles. The Hall–Kier alpha value is -2.14. The van der Waals surface area contributed by atoms with E-state index in [2.05, 4.69) is 20.6 Å². The van der Waals surface area contributed by atoms with Crippen LogP contribution >= 0.6 is 35.3 Å². The normalized spacial score (nSPS) is 14.3. The Morgan fingerprint density at radius 2 is 2.10 bits per heavy atom. The van der Waals surface area contributed by atoms with Crippen molar-refractivity contribution in [3.05, 3.63) is 53.3 Å². The molecule has 0 bridgehead atoms. The minimum Gasteiger partial charge on any atom is -0.357 e. The van der Waals surface area contributed by atoms with Crippen LogP contribution < -0.4 is 15.5 Å². The number of thiazole rings is 1. The van der Waals surface area contributed by atoms with Crippen LogP contribution in [0.1, 0.15) is 31.0 Å². The summed E-state index contributed by atoms with van der Waals surface area (Å²) in [7, 11) is 0. The molecule has 29 heavy (non-hydrogen) atoms. The number of aromatic nitrogens is 2. The smallest absolute Gasteiger partial charge is 0.227 e. The molecule has 0 atom stereocenters. The van der Waals surface area contributed by atoms with Crippen LogP contribution in [0.15, 0.2) is 47.0 Å². The van der Waals surface area contributed by atoms with E-state index in [1.54, 1.807) is 11.3 Å². The lowest BCUT2D eigenvalue weighted by Gasteiger charge is -2.15. The molecule has 154 valence electrons. The van der Waals surface area contributed by atoms with Gasteiger partial charge in [0.1, 0.15) is 0 Å². The van der Waals surface area contributed by atoms with Gasteiger partial charge in [-0.05, 0) is 31.0 Å². The summed E-state index contributed by atoms with van der Waals surface area (Å²) in [6, 6.07) is 8.09. The van der Waals surface area contributed by atoms with Crippen molar-refractivity contribution >= 4 is 57.8 Å². The van der Waals surface area contributed by atoms with Gasteiger partial charge in [-0.25, -0.2) is 9.98 Å². The van der Waals surface area contributed by atoms with Gasteiger partial charge in [0, 0.05) is 43.0 Å². The number of amides is 1. The van der Waals surface area contributed by atoms with Gasteiger partial charge in [0.05, 0.1) is 18.8 Å². The van der Waals surface area contributed by atoms with Crippen molar-refractivity contribution < 1.29 is 4.79 Å². The van der Waals surface area contributed by atoms with Crippen molar-refractivity contribution in [2.45, 2.75) is 32.9 Å². The maximum Gasteiger partial charge on any atom is 0.227 e. The number of benzene rings is 1. The predicted octanol–water partition coefficient (Wildman–Crippen LogP) is 3.40. The lowest BCUT2D eigenvalue weighted by Crippen LogP contribution is -2.36. The Morgan fingerprint density at radius 3 is 2.79 bits per heavy atom. The Balaban J connectivity index is 0.00000240. The van der Waals surface area contributed by atoms with Gasteiger partial charge in [-0.3, -0.25) is 9.20 Å². The van der Waals surface area contributed by atoms with Crippen molar-refractivity contribution in [2.75, 3.05) is 18.0 Å². The summed E-state index contributed by atoms with van der Waals surface area (Å²) in [6.07, 6.45) is 5.63. The van der Waals surface area contributed by atoms with E-state index in [-0.39, 0.29) is 29.9 Å². The molecule has 0 unspecified atom stereocenters. The molecular formula is C20H25IN6OS. The number of fused-ring (bicyclic) bond motifs is 1. The number of anilines is 1. The van der Waals surface area contributed by atoms with Crippen molar-refractivity contribution in [1.29, 1.82) is 0 Å². The van der Waals surface area contributed by atoms with Gasteiger partial charge in [-0.1, -0.05) is 12.1 Å². The average molecular weight is 524 g/mol. The topological polar surface area (TPSA) is 74.0 Å². The second-order valence-electron chi connectivity index (χ2n) is 6.69. The Bertz CT molecular complexity index is 952. The van der Waals surface area contributed by atoms with Crippen LogP contribution in [0.25, 0.3) is 4.96 Å². The summed E-state index contributed by atoms with van der Waals surface area (Å²) in [4.78, 5) is 24.0. The van der Waals surface area contributed by atoms with Crippen LogP contribution in [0.4, 0.5) is 5.69 Å². The lowest BCUT2D eigenvalue weighted by atomic mass is 10.2.